The van der Waals surface area contributed by atoms with Crippen LogP contribution >= 0.6 is 9.47 Å². The summed E-state index contributed by atoms with van der Waals surface area (Å²) >= 11 is 0. The molecule has 1 unspecified atom stereocenters. The maximum Gasteiger partial charge on any atom is 0.0847 e. The molecular weight excluding hydrogens is 187 g/mol. The second-order valence-corrected chi connectivity index (χ2v) is 4.08. The van der Waals surface area contributed by atoms with Crippen LogP contribution in [-0.4, -0.2) is 30.5 Å². The molecule has 1 heterocycles. The third kappa shape index (κ3) is 2.63. The number of hydrogen-bond acceptors (Lipinski definition) is 3. The van der Waals surface area contributed by atoms with Crippen LogP contribution in [0.3, 0.4) is 0 Å². The number of hydrogen-bond donors (Lipinski definition) is 1. The predicted molar refractivity (Wildman–Crippen MR) is 54.4 cm³/mol. The van der Waals surface area contributed by atoms with Crippen molar-refractivity contribution in [2.24, 2.45) is 11.8 Å². The topological polar surface area (TPSA) is 38.7 Å². The van der Waals surface area contributed by atoms with Gasteiger partial charge in [-0.05, 0) is 25.2 Å². The Morgan fingerprint density at radius 3 is 2.69 bits per heavy atom. The summed E-state index contributed by atoms with van der Waals surface area (Å²) < 4.78 is 10.7. The first-order valence-electron chi connectivity index (χ1n) is 4.78. The monoisotopic (exact) mass is 206 g/mol. The van der Waals surface area contributed by atoms with Gasteiger partial charge in [-0.3, -0.25) is 0 Å². The van der Waals surface area contributed by atoms with E-state index in [2.05, 4.69) is 23.3 Å². The Hall–Kier alpha value is 0.310. The largest absolute Gasteiger partial charge is 0.396 e. The molecular formula is C9H19O3P. The van der Waals surface area contributed by atoms with Gasteiger partial charge in [0.05, 0.1) is 18.8 Å². The fourth-order valence-electron chi connectivity index (χ4n) is 2.04. The highest BCUT2D eigenvalue weighted by atomic mass is 31.0. The first kappa shape index (κ1) is 11.4. The maximum absolute atomic E-state index is 8.92. The maximum atomic E-state index is 8.92. The number of rotatable bonds is 4. The molecule has 1 aliphatic heterocycles. The Morgan fingerprint density at radius 2 is 2.15 bits per heavy atom. The molecule has 1 saturated heterocycles. The molecule has 1 N–H and O–H groups in total. The molecule has 1 fully saturated rings. The predicted octanol–water partition coefficient (Wildman–Crippen LogP) is 1.22. The molecule has 0 aromatic carbocycles. The lowest BCUT2D eigenvalue weighted by Crippen LogP contribution is -2.24. The molecule has 0 bridgehead atoms. The van der Waals surface area contributed by atoms with E-state index in [0.717, 1.165) is 6.42 Å². The summed E-state index contributed by atoms with van der Waals surface area (Å²) in [6, 6.07) is 0. The lowest BCUT2D eigenvalue weighted by molar-refractivity contribution is 0.0128. The third-order valence-corrected chi connectivity index (χ3v) is 3.20. The van der Waals surface area contributed by atoms with Gasteiger partial charge in [0.2, 0.25) is 0 Å². The van der Waals surface area contributed by atoms with Crippen LogP contribution in [0.4, 0.5) is 0 Å². The van der Waals surface area contributed by atoms with Crippen molar-refractivity contribution in [2.45, 2.75) is 32.5 Å². The van der Waals surface area contributed by atoms with E-state index >= 15 is 0 Å². The molecule has 4 heteroatoms. The highest BCUT2D eigenvalue weighted by Gasteiger charge is 2.38. The van der Waals surface area contributed by atoms with Gasteiger partial charge in [-0.15, -0.1) is 0 Å². The molecule has 1 rings (SSSR count). The van der Waals surface area contributed by atoms with Crippen LogP contribution in [0, 0.1) is 11.8 Å². The average Bonchev–Trinajstić information content (AvgIpc) is 2.34. The molecule has 13 heavy (non-hydrogen) atoms. The van der Waals surface area contributed by atoms with Crippen molar-refractivity contribution in [1.82, 2.24) is 0 Å². The average molecular weight is 206 g/mol. The van der Waals surface area contributed by atoms with Gasteiger partial charge >= 0.3 is 0 Å². The van der Waals surface area contributed by atoms with Crippen molar-refractivity contribution in [3.63, 3.8) is 0 Å². The summed E-state index contributed by atoms with van der Waals surface area (Å²) in [7, 11) is 2.24. The van der Waals surface area contributed by atoms with Gasteiger partial charge in [-0.1, -0.05) is 6.92 Å². The van der Waals surface area contributed by atoms with Crippen molar-refractivity contribution < 1.29 is 14.4 Å². The first-order valence-corrected chi connectivity index (χ1v) is 5.25. The van der Waals surface area contributed by atoms with Crippen LogP contribution in [0.1, 0.15) is 20.3 Å². The Morgan fingerprint density at radius 1 is 1.46 bits per heavy atom. The summed E-state index contributed by atoms with van der Waals surface area (Å²) in [4.78, 5) is 0. The molecule has 0 aromatic heterocycles. The highest BCUT2D eigenvalue weighted by molar-refractivity contribution is 7.09. The summed E-state index contributed by atoms with van der Waals surface area (Å²) in [6.45, 7) is 5.09. The van der Waals surface area contributed by atoms with Crippen LogP contribution in [0.15, 0.2) is 0 Å². The zero-order valence-corrected chi connectivity index (χ0v) is 9.43. The molecule has 1 aliphatic rings. The smallest absolute Gasteiger partial charge is 0.0847 e. The van der Waals surface area contributed by atoms with Crippen molar-refractivity contribution in [1.29, 1.82) is 0 Å². The molecule has 0 amide bonds. The zero-order chi connectivity index (χ0) is 9.84. The Labute approximate surface area is 82.1 Å². The lowest BCUT2D eigenvalue weighted by atomic mass is 9.87. The Kier molecular flexibility index (Phi) is 4.60. The number of aliphatic hydroxyl groups excluding tert-OH is 1. The molecule has 5 atom stereocenters. The number of ether oxygens (including phenoxy) is 1. The summed E-state index contributed by atoms with van der Waals surface area (Å²) in [5.74, 6) is 0.942. The van der Waals surface area contributed by atoms with E-state index in [-0.39, 0.29) is 18.8 Å². The van der Waals surface area contributed by atoms with Gasteiger partial charge in [0.15, 0.2) is 0 Å². The molecule has 78 valence electrons. The minimum absolute atomic E-state index is 0.148. The van der Waals surface area contributed by atoms with Crippen LogP contribution in [0.2, 0.25) is 0 Å². The van der Waals surface area contributed by atoms with E-state index in [1.165, 1.54) is 0 Å². The van der Waals surface area contributed by atoms with Crippen LogP contribution < -0.4 is 0 Å². The van der Waals surface area contributed by atoms with Gasteiger partial charge in [0.25, 0.3) is 0 Å². The zero-order valence-electron chi connectivity index (χ0n) is 8.27. The van der Waals surface area contributed by atoms with Crippen molar-refractivity contribution in [3.05, 3.63) is 0 Å². The van der Waals surface area contributed by atoms with Gasteiger partial charge in [0, 0.05) is 16.1 Å². The van der Waals surface area contributed by atoms with Crippen molar-refractivity contribution in [2.75, 3.05) is 13.2 Å². The summed E-state index contributed by atoms with van der Waals surface area (Å²) in [5.41, 5.74) is 0. The number of aliphatic hydroxyl groups is 1. The highest BCUT2D eigenvalue weighted by Crippen LogP contribution is 2.34. The third-order valence-electron chi connectivity index (χ3n) is 3.01. The van der Waals surface area contributed by atoms with Crippen LogP contribution in [0.25, 0.3) is 0 Å². The van der Waals surface area contributed by atoms with Crippen LogP contribution in [0.5, 0.6) is 0 Å². The van der Waals surface area contributed by atoms with Gasteiger partial charge in [-0.25, -0.2) is 0 Å². The molecule has 0 radical (unpaired) electrons. The second-order valence-electron chi connectivity index (χ2n) is 3.75. The first-order chi connectivity index (χ1) is 6.20. The normalized spacial score (nSPS) is 39.7. The fourth-order valence-corrected chi connectivity index (χ4v) is 2.23. The molecule has 3 nitrogen and oxygen atoms in total. The standard InChI is InChI=1S/C9H19O3P/c1-6-7(2)12-9(5-11-13)8(6)3-4-10/h6-10H,3-5,13H2,1-2H3/t6-,7+,8-,9-/m1/s1. The van der Waals surface area contributed by atoms with Gasteiger partial charge in [0.1, 0.15) is 0 Å². The van der Waals surface area contributed by atoms with E-state index in [4.69, 9.17) is 14.4 Å². The molecule has 0 saturated carbocycles. The van der Waals surface area contributed by atoms with Gasteiger partial charge < -0.3 is 14.4 Å². The van der Waals surface area contributed by atoms with E-state index < -0.39 is 0 Å². The van der Waals surface area contributed by atoms with Crippen molar-refractivity contribution in [3.8, 4) is 0 Å². The molecule has 0 spiro atoms. The van der Waals surface area contributed by atoms with E-state index in [1.54, 1.807) is 0 Å². The molecule has 0 aromatic rings. The van der Waals surface area contributed by atoms with Crippen molar-refractivity contribution >= 4 is 9.47 Å². The van der Waals surface area contributed by atoms with Crippen LogP contribution in [-0.2, 0) is 9.26 Å². The van der Waals surface area contributed by atoms with Gasteiger partial charge in [-0.2, -0.15) is 0 Å². The van der Waals surface area contributed by atoms with E-state index in [1.807, 2.05) is 0 Å². The SMILES string of the molecule is C[C@H]1[C@@H](CCO)[C@@H](COP)O[C@H]1C. The summed E-state index contributed by atoms with van der Waals surface area (Å²) in [6.07, 6.45) is 1.24. The lowest BCUT2D eigenvalue weighted by Gasteiger charge is -2.18. The Balaban J connectivity index is 2.52. The van der Waals surface area contributed by atoms with E-state index in [0.29, 0.717) is 18.4 Å². The second kappa shape index (κ2) is 5.26. The molecule has 0 aliphatic carbocycles. The quantitative estimate of drug-likeness (QED) is 0.703. The van der Waals surface area contributed by atoms with E-state index in [9.17, 15) is 0 Å². The summed E-state index contributed by atoms with van der Waals surface area (Å²) in [5, 5.41) is 8.92. The minimum Gasteiger partial charge on any atom is -0.396 e. The minimum atomic E-state index is 0.148. The fraction of sp³-hybridized carbons (Fsp3) is 1.00. The Bertz CT molecular complexity index is 154.